The monoisotopic (exact) mass is 387 g/mol. The molecule has 0 saturated carbocycles. The minimum absolute atomic E-state index is 0.00383. The van der Waals surface area contributed by atoms with Gasteiger partial charge in [0.25, 0.3) is 0 Å². The van der Waals surface area contributed by atoms with Gasteiger partial charge in [-0.2, -0.15) is 0 Å². The number of ether oxygens (including phenoxy) is 1. The van der Waals surface area contributed by atoms with Crippen LogP contribution in [-0.2, 0) is 16.6 Å². The van der Waals surface area contributed by atoms with Gasteiger partial charge in [0.15, 0.2) is 0 Å². The van der Waals surface area contributed by atoms with E-state index in [0.29, 0.717) is 19.6 Å². The van der Waals surface area contributed by atoms with Crippen LogP contribution < -0.4 is 10.1 Å². The molecule has 0 bridgehead atoms. The van der Waals surface area contributed by atoms with Crippen molar-refractivity contribution in [3.05, 3.63) is 90.0 Å². The molecular weight excluding hydrogens is 358 g/mol. The first kappa shape index (κ1) is 20.7. The molecule has 3 heteroatoms. The quantitative estimate of drug-likeness (QED) is 0.552. The van der Waals surface area contributed by atoms with E-state index < -0.39 is 0 Å². The summed E-state index contributed by atoms with van der Waals surface area (Å²) < 4.78 is 5.72. The van der Waals surface area contributed by atoms with E-state index in [1.807, 2.05) is 42.5 Å². The van der Waals surface area contributed by atoms with E-state index in [0.717, 1.165) is 16.9 Å². The fourth-order valence-electron chi connectivity index (χ4n) is 3.10. The Morgan fingerprint density at radius 2 is 1.45 bits per heavy atom. The third-order valence-corrected chi connectivity index (χ3v) is 4.84. The smallest absolute Gasteiger partial charge is 0.224 e. The normalized spacial score (nSPS) is 11.1. The lowest BCUT2D eigenvalue weighted by molar-refractivity contribution is -0.120. The number of carbonyl (C=O) groups excluding carboxylic acids is 1. The molecule has 0 aliphatic heterocycles. The van der Waals surface area contributed by atoms with Crippen LogP contribution in [0.15, 0.2) is 78.9 Å². The van der Waals surface area contributed by atoms with Gasteiger partial charge in [0.05, 0.1) is 13.0 Å². The van der Waals surface area contributed by atoms with Gasteiger partial charge in [0.2, 0.25) is 5.91 Å². The fourth-order valence-corrected chi connectivity index (χ4v) is 3.10. The molecule has 0 aromatic heterocycles. The number of hydrogen-bond donors (Lipinski definition) is 1. The second-order valence-corrected chi connectivity index (χ2v) is 8.21. The second kappa shape index (κ2) is 9.42. The van der Waals surface area contributed by atoms with Gasteiger partial charge in [-0.05, 0) is 39.8 Å². The van der Waals surface area contributed by atoms with E-state index in [9.17, 15) is 4.79 Å². The lowest BCUT2D eigenvalue weighted by Crippen LogP contribution is -2.29. The van der Waals surface area contributed by atoms with E-state index in [1.54, 1.807) is 0 Å². The van der Waals surface area contributed by atoms with Crippen LogP contribution in [0.5, 0.6) is 5.75 Å². The predicted molar refractivity (Wildman–Crippen MR) is 119 cm³/mol. The maximum Gasteiger partial charge on any atom is 0.224 e. The van der Waals surface area contributed by atoms with Gasteiger partial charge >= 0.3 is 0 Å². The number of hydrogen-bond acceptors (Lipinski definition) is 2. The summed E-state index contributed by atoms with van der Waals surface area (Å²) in [4.78, 5) is 12.2. The van der Waals surface area contributed by atoms with Crippen molar-refractivity contribution in [2.24, 2.45) is 0 Å². The molecule has 3 nitrogen and oxygen atoms in total. The molecule has 0 fully saturated rings. The molecule has 0 saturated heterocycles. The number of benzene rings is 3. The van der Waals surface area contributed by atoms with Gasteiger partial charge in [-0.15, -0.1) is 0 Å². The van der Waals surface area contributed by atoms with Crippen molar-refractivity contribution in [2.45, 2.75) is 32.6 Å². The van der Waals surface area contributed by atoms with Crippen molar-refractivity contribution in [2.75, 3.05) is 13.2 Å². The molecule has 3 aromatic rings. The Bertz CT molecular complexity index is 908. The number of nitrogens with one attached hydrogen (secondary N) is 1. The van der Waals surface area contributed by atoms with Crippen LogP contribution in [0.25, 0.3) is 11.1 Å². The summed E-state index contributed by atoms with van der Waals surface area (Å²) in [6.07, 6.45) is 0.370. The fraction of sp³-hybridized carbons (Fsp3) is 0.269. The third-order valence-electron chi connectivity index (χ3n) is 4.84. The minimum Gasteiger partial charge on any atom is -0.492 e. The highest BCUT2D eigenvalue weighted by atomic mass is 16.5. The van der Waals surface area contributed by atoms with E-state index in [-0.39, 0.29) is 11.3 Å². The van der Waals surface area contributed by atoms with Crippen LogP contribution in [0, 0.1) is 0 Å². The van der Waals surface area contributed by atoms with Crippen molar-refractivity contribution in [1.82, 2.24) is 5.32 Å². The summed E-state index contributed by atoms with van der Waals surface area (Å²) in [6.45, 7) is 7.50. The number of amides is 1. The SMILES string of the molecule is CC(C)(C)c1ccc(OCCNC(=O)Cc2ccc(-c3ccccc3)cc2)cc1. The molecule has 0 aliphatic rings. The molecule has 0 atom stereocenters. The lowest BCUT2D eigenvalue weighted by Gasteiger charge is -2.19. The summed E-state index contributed by atoms with van der Waals surface area (Å²) in [5.74, 6) is 0.827. The van der Waals surface area contributed by atoms with Gasteiger partial charge in [0.1, 0.15) is 12.4 Å². The molecule has 3 rings (SSSR count). The molecule has 0 unspecified atom stereocenters. The van der Waals surface area contributed by atoms with Crippen LogP contribution in [0.4, 0.5) is 0 Å². The first-order valence-electron chi connectivity index (χ1n) is 10.1. The first-order chi connectivity index (χ1) is 13.9. The summed E-state index contributed by atoms with van der Waals surface area (Å²) in [6, 6.07) is 26.5. The highest BCUT2D eigenvalue weighted by molar-refractivity contribution is 5.78. The summed E-state index contributed by atoms with van der Waals surface area (Å²) in [5.41, 5.74) is 4.74. The lowest BCUT2D eigenvalue weighted by atomic mass is 9.87. The van der Waals surface area contributed by atoms with Gasteiger partial charge in [-0.3, -0.25) is 4.79 Å². The molecule has 29 heavy (non-hydrogen) atoms. The maximum absolute atomic E-state index is 12.2. The van der Waals surface area contributed by atoms with Crippen LogP contribution in [0.1, 0.15) is 31.9 Å². The molecule has 1 N–H and O–H groups in total. The zero-order chi connectivity index (χ0) is 20.7. The summed E-state index contributed by atoms with van der Waals surface area (Å²) in [7, 11) is 0. The first-order valence-corrected chi connectivity index (χ1v) is 10.1. The van der Waals surface area contributed by atoms with Crippen molar-refractivity contribution < 1.29 is 9.53 Å². The highest BCUT2D eigenvalue weighted by Crippen LogP contribution is 2.24. The largest absolute Gasteiger partial charge is 0.492 e. The summed E-state index contributed by atoms with van der Waals surface area (Å²) >= 11 is 0. The van der Waals surface area contributed by atoms with Gasteiger partial charge < -0.3 is 10.1 Å². The number of rotatable bonds is 7. The number of carbonyl (C=O) groups is 1. The van der Waals surface area contributed by atoms with Gasteiger partial charge in [-0.1, -0.05) is 87.5 Å². The minimum atomic E-state index is 0.00383. The van der Waals surface area contributed by atoms with Crippen molar-refractivity contribution in [3.63, 3.8) is 0 Å². The van der Waals surface area contributed by atoms with E-state index in [4.69, 9.17) is 4.74 Å². The van der Waals surface area contributed by atoms with Crippen LogP contribution >= 0.6 is 0 Å². The van der Waals surface area contributed by atoms with Crippen molar-refractivity contribution in [1.29, 1.82) is 0 Å². The Kier molecular flexibility index (Phi) is 6.71. The van der Waals surface area contributed by atoms with Crippen LogP contribution in [0.3, 0.4) is 0 Å². The maximum atomic E-state index is 12.2. The molecule has 3 aromatic carbocycles. The van der Waals surface area contributed by atoms with Crippen molar-refractivity contribution in [3.8, 4) is 16.9 Å². The molecule has 1 amide bonds. The highest BCUT2D eigenvalue weighted by Gasteiger charge is 2.13. The average Bonchev–Trinajstić information content (AvgIpc) is 2.72. The molecular formula is C26H29NO2. The Labute approximate surface area is 173 Å². The second-order valence-electron chi connectivity index (χ2n) is 8.21. The average molecular weight is 388 g/mol. The molecule has 0 spiro atoms. The predicted octanol–water partition coefficient (Wildman–Crippen LogP) is 5.39. The van der Waals surface area contributed by atoms with Crippen molar-refractivity contribution >= 4 is 5.91 Å². The van der Waals surface area contributed by atoms with Gasteiger partial charge in [-0.25, -0.2) is 0 Å². The standard InChI is InChI=1S/C26H29NO2/c1-26(2,3)23-13-15-24(16-14-23)29-18-17-27-25(28)19-20-9-11-22(12-10-20)21-7-5-4-6-8-21/h4-16H,17-19H2,1-3H3,(H,27,28). The Balaban J connectivity index is 1.41. The molecule has 0 aliphatic carbocycles. The van der Waals surface area contributed by atoms with Crippen LogP contribution in [-0.4, -0.2) is 19.1 Å². The molecule has 0 radical (unpaired) electrons. The third kappa shape index (κ3) is 6.21. The van der Waals surface area contributed by atoms with E-state index in [2.05, 4.69) is 62.5 Å². The Morgan fingerprint density at radius 3 is 2.07 bits per heavy atom. The summed E-state index contributed by atoms with van der Waals surface area (Å²) in [5, 5.41) is 2.92. The molecule has 0 heterocycles. The van der Waals surface area contributed by atoms with Crippen LogP contribution in [0.2, 0.25) is 0 Å². The molecule has 150 valence electrons. The van der Waals surface area contributed by atoms with E-state index >= 15 is 0 Å². The van der Waals surface area contributed by atoms with Gasteiger partial charge in [0, 0.05) is 0 Å². The zero-order valence-electron chi connectivity index (χ0n) is 17.4. The Hall–Kier alpha value is -3.07. The zero-order valence-corrected chi connectivity index (χ0v) is 17.4. The Morgan fingerprint density at radius 1 is 0.828 bits per heavy atom. The topological polar surface area (TPSA) is 38.3 Å². The van der Waals surface area contributed by atoms with E-state index in [1.165, 1.54) is 11.1 Å².